The van der Waals surface area contributed by atoms with Crippen molar-refractivity contribution in [3.05, 3.63) is 64.7 Å². The van der Waals surface area contributed by atoms with Crippen molar-refractivity contribution in [1.82, 2.24) is 0 Å². The molecule has 3 nitrogen and oxygen atoms in total. The molecule has 1 atom stereocenters. The average molecular weight is 357 g/mol. The Balaban J connectivity index is 1.85. The van der Waals surface area contributed by atoms with E-state index in [1.165, 1.54) is 11.1 Å². The van der Waals surface area contributed by atoms with Crippen LogP contribution in [0.25, 0.3) is 0 Å². The summed E-state index contributed by atoms with van der Waals surface area (Å²) in [5.41, 5.74) is 3.83. The van der Waals surface area contributed by atoms with Crippen molar-refractivity contribution < 1.29 is 15.3 Å². The summed E-state index contributed by atoms with van der Waals surface area (Å²) in [4.78, 5) is 0. The van der Waals surface area contributed by atoms with E-state index in [2.05, 4.69) is 24.3 Å². The first-order valence-corrected chi connectivity index (χ1v) is 9.65. The lowest BCUT2D eigenvalue weighted by molar-refractivity contribution is 0.0444. The molecule has 2 aromatic rings. The standard InChI is InChI=1S/C23H32O3/c1-3-23(2,26)14-5-4-7-18-8-6-9-19(15-18)10-11-20-12-13-22(25)21(16-20)17-24/h6,8-9,12-13,15-16,24-26H,3-5,7,10-11,14,17H2,1-2H3. The smallest absolute Gasteiger partial charge is 0.121 e. The number of hydrogen-bond acceptors (Lipinski definition) is 3. The minimum absolute atomic E-state index is 0.139. The van der Waals surface area contributed by atoms with E-state index in [1.807, 2.05) is 26.0 Å². The summed E-state index contributed by atoms with van der Waals surface area (Å²) in [5, 5.41) is 29.0. The highest BCUT2D eigenvalue weighted by atomic mass is 16.3. The van der Waals surface area contributed by atoms with Crippen molar-refractivity contribution in [2.24, 2.45) is 0 Å². The molecule has 0 aliphatic carbocycles. The summed E-state index contributed by atoms with van der Waals surface area (Å²) >= 11 is 0. The lowest BCUT2D eigenvalue weighted by atomic mass is 9.94. The van der Waals surface area contributed by atoms with Crippen LogP contribution < -0.4 is 0 Å². The van der Waals surface area contributed by atoms with E-state index in [-0.39, 0.29) is 12.4 Å². The highest BCUT2D eigenvalue weighted by Gasteiger charge is 2.16. The summed E-state index contributed by atoms with van der Waals surface area (Å²) in [5.74, 6) is 0.153. The number of rotatable bonds is 10. The van der Waals surface area contributed by atoms with Crippen LogP contribution in [-0.4, -0.2) is 20.9 Å². The maximum absolute atomic E-state index is 10.1. The predicted molar refractivity (Wildman–Crippen MR) is 106 cm³/mol. The Morgan fingerprint density at radius 1 is 0.885 bits per heavy atom. The zero-order valence-corrected chi connectivity index (χ0v) is 16.0. The first-order valence-electron chi connectivity index (χ1n) is 9.65. The van der Waals surface area contributed by atoms with Gasteiger partial charge in [-0.05, 0) is 74.3 Å². The molecule has 3 N–H and O–H groups in total. The van der Waals surface area contributed by atoms with Gasteiger partial charge >= 0.3 is 0 Å². The summed E-state index contributed by atoms with van der Waals surface area (Å²) in [6.07, 6.45) is 6.67. The van der Waals surface area contributed by atoms with Gasteiger partial charge in [0.15, 0.2) is 0 Å². The van der Waals surface area contributed by atoms with E-state index in [9.17, 15) is 15.3 Å². The third-order valence-corrected chi connectivity index (χ3v) is 5.20. The Morgan fingerprint density at radius 2 is 1.54 bits per heavy atom. The summed E-state index contributed by atoms with van der Waals surface area (Å²) in [6, 6.07) is 14.2. The van der Waals surface area contributed by atoms with Crippen molar-refractivity contribution in [3.8, 4) is 5.75 Å². The number of hydrogen-bond donors (Lipinski definition) is 3. The molecule has 1 unspecified atom stereocenters. The van der Waals surface area contributed by atoms with Crippen LogP contribution >= 0.6 is 0 Å². The van der Waals surface area contributed by atoms with Crippen LogP contribution in [0.3, 0.4) is 0 Å². The molecule has 0 heterocycles. The van der Waals surface area contributed by atoms with Gasteiger partial charge in [0.25, 0.3) is 0 Å². The van der Waals surface area contributed by atoms with Crippen molar-refractivity contribution in [1.29, 1.82) is 0 Å². The average Bonchev–Trinajstić information content (AvgIpc) is 2.65. The van der Waals surface area contributed by atoms with Crippen molar-refractivity contribution in [3.63, 3.8) is 0 Å². The van der Waals surface area contributed by atoms with Crippen LogP contribution in [0.15, 0.2) is 42.5 Å². The molecule has 0 bridgehead atoms. The molecule has 2 rings (SSSR count). The molecule has 0 aromatic heterocycles. The number of phenols is 1. The molecule has 142 valence electrons. The monoisotopic (exact) mass is 356 g/mol. The summed E-state index contributed by atoms with van der Waals surface area (Å²) in [6.45, 7) is 3.81. The van der Waals surface area contributed by atoms with Crippen molar-refractivity contribution >= 4 is 0 Å². The Kier molecular flexibility index (Phi) is 7.67. The number of aliphatic hydroxyl groups excluding tert-OH is 1. The molecule has 0 spiro atoms. The number of unbranched alkanes of at least 4 members (excludes halogenated alkanes) is 1. The molecule has 0 aliphatic heterocycles. The van der Waals surface area contributed by atoms with Crippen LogP contribution in [-0.2, 0) is 25.9 Å². The molecule has 2 aromatic carbocycles. The van der Waals surface area contributed by atoms with Crippen molar-refractivity contribution in [2.75, 3.05) is 0 Å². The highest BCUT2D eigenvalue weighted by molar-refractivity contribution is 5.36. The van der Waals surface area contributed by atoms with Gasteiger partial charge in [-0.3, -0.25) is 0 Å². The van der Waals surface area contributed by atoms with E-state index in [0.717, 1.165) is 50.5 Å². The second kappa shape index (κ2) is 9.75. The van der Waals surface area contributed by atoms with Crippen LogP contribution in [0.1, 0.15) is 61.8 Å². The molecule has 0 fully saturated rings. The second-order valence-electron chi connectivity index (χ2n) is 7.50. The number of aliphatic hydroxyl groups is 2. The van der Waals surface area contributed by atoms with Gasteiger partial charge < -0.3 is 15.3 Å². The molecular formula is C23H32O3. The molecular weight excluding hydrogens is 324 g/mol. The van der Waals surface area contributed by atoms with E-state index < -0.39 is 5.60 Å². The highest BCUT2D eigenvalue weighted by Crippen LogP contribution is 2.21. The van der Waals surface area contributed by atoms with E-state index in [0.29, 0.717) is 5.56 Å². The van der Waals surface area contributed by atoms with Gasteiger partial charge in [0.2, 0.25) is 0 Å². The summed E-state index contributed by atoms with van der Waals surface area (Å²) in [7, 11) is 0. The maximum atomic E-state index is 10.1. The van der Waals surface area contributed by atoms with Gasteiger partial charge in [-0.2, -0.15) is 0 Å². The molecule has 0 saturated carbocycles. The minimum Gasteiger partial charge on any atom is -0.508 e. The Bertz CT molecular complexity index is 692. The zero-order valence-electron chi connectivity index (χ0n) is 16.0. The third kappa shape index (κ3) is 6.47. The van der Waals surface area contributed by atoms with Crippen LogP contribution in [0.4, 0.5) is 0 Å². The Hall–Kier alpha value is -1.84. The maximum Gasteiger partial charge on any atom is 0.121 e. The molecule has 26 heavy (non-hydrogen) atoms. The fraction of sp³-hybridized carbons (Fsp3) is 0.478. The molecule has 0 saturated heterocycles. The van der Waals surface area contributed by atoms with Gasteiger partial charge in [-0.25, -0.2) is 0 Å². The molecule has 0 radical (unpaired) electrons. The van der Waals surface area contributed by atoms with Crippen LogP contribution in [0.2, 0.25) is 0 Å². The lowest BCUT2D eigenvalue weighted by Crippen LogP contribution is -2.22. The quantitative estimate of drug-likeness (QED) is 0.548. The second-order valence-corrected chi connectivity index (χ2v) is 7.50. The number of aryl methyl sites for hydroxylation is 3. The van der Waals surface area contributed by atoms with Gasteiger partial charge in [0.05, 0.1) is 12.2 Å². The van der Waals surface area contributed by atoms with Crippen LogP contribution in [0, 0.1) is 0 Å². The van der Waals surface area contributed by atoms with Crippen LogP contribution in [0.5, 0.6) is 5.75 Å². The number of benzene rings is 2. The Morgan fingerprint density at radius 3 is 2.19 bits per heavy atom. The zero-order chi connectivity index (χ0) is 19.0. The first-order chi connectivity index (χ1) is 12.4. The third-order valence-electron chi connectivity index (χ3n) is 5.20. The fourth-order valence-electron chi connectivity index (χ4n) is 3.16. The predicted octanol–water partition coefficient (Wildman–Crippen LogP) is 4.54. The SMILES string of the molecule is CCC(C)(O)CCCCc1cccc(CCc2ccc(O)c(CO)c2)c1. The van der Waals surface area contributed by atoms with Crippen molar-refractivity contribution in [2.45, 2.75) is 71.0 Å². The normalized spacial score (nSPS) is 13.5. The number of aromatic hydroxyl groups is 1. The molecule has 0 amide bonds. The first kappa shape index (κ1) is 20.5. The fourth-order valence-corrected chi connectivity index (χ4v) is 3.16. The van der Waals surface area contributed by atoms with Gasteiger partial charge in [0.1, 0.15) is 5.75 Å². The lowest BCUT2D eigenvalue weighted by Gasteiger charge is -2.20. The summed E-state index contributed by atoms with van der Waals surface area (Å²) < 4.78 is 0. The Labute approximate surface area is 157 Å². The van der Waals surface area contributed by atoms with E-state index >= 15 is 0 Å². The van der Waals surface area contributed by atoms with Gasteiger partial charge in [0, 0.05) is 5.56 Å². The largest absolute Gasteiger partial charge is 0.508 e. The molecule has 0 aliphatic rings. The molecule has 3 heteroatoms. The minimum atomic E-state index is -0.528. The van der Waals surface area contributed by atoms with E-state index in [4.69, 9.17) is 0 Å². The van der Waals surface area contributed by atoms with Gasteiger partial charge in [-0.1, -0.05) is 43.7 Å². The van der Waals surface area contributed by atoms with Gasteiger partial charge in [-0.15, -0.1) is 0 Å². The topological polar surface area (TPSA) is 60.7 Å². The van der Waals surface area contributed by atoms with E-state index in [1.54, 1.807) is 6.07 Å².